The summed E-state index contributed by atoms with van der Waals surface area (Å²) in [6.45, 7) is 1.87. The Morgan fingerprint density at radius 1 is 1.18 bits per heavy atom. The SMILES string of the molecule is C[NH+](C)CCNc1ncnc2cc(-c3ccc(F)cc3)sc12. The van der Waals surface area contributed by atoms with Crippen LogP contribution in [0.2, 0.25) is 0 Å². The van der Waals surface area contributed by atoms with Crippen molar-refractivity contribution in [2.24, 2.45) is 0 Å². The fourth-order valence-corrected chi connectivity index (χ4v) is 3.25. The molecule has 0 fully saturated rings. The lowest BCUT2D eigenvalue weighted by molar-refractivity contribution is -0.856. The van der Waals surface area contributed by atoms with Gasteiger partial charge in [0.05, 0.1) is 37.4 Å². The third-order valence-corrected chi connectivity index (χ3v) is 4.54. The van der Waals surface area contributed by atoms with E-state index in [1.165, 1.54) is 17.0 Å². The van der Waals surface area contributed by atoms with Crippen molar-refractivity contribution in [1.82, 2.24) is 9.97 Å². The molecule has 114 valence electrons. The van der Waals surface area contributed by atoms with E-state index in [4.69, 9.17) is 0 Å². The molecule has 2 heterocycles. The molecule has 0 amide bonds. The van der Waals surface area contributed by atoms with E-state index < -0.39 is 0 Å². The number of thiophene rings is 1. The quantitative estimate of drug-likeness (QED) is 0.757. The van der Waals surface area contributed by atoms with Crippen LogP contribution in [0.4, 0.5) is 10.2 Å². The standard InChI is InChI=1S/C16H17FN4S/c1-21(2)8-7-18-16-15-13(19-10-20-16)9-14(22-15)11-3-5-12(17)6-4-11/h3-6,9-10H,7-8H2,1-2H3,(H,18,19,20)/p+1. The van der Waals surface area contributed by atoms with Crippen molar-refractivity contribution in [3.63, 3.8) is 0 Å². The zero-order chi connectivity index (χ0) is 15.5. The van der Waals surface area contributed by atoms with Gasteiger partial charge in [0.2, 0.25) is 0 Å². The van der Waals surface area contributed by atoms with Crippen LogP contribution in [-0.2, 0) is 0 Å². The van der Waals surface area contributed by atoms with E-state index in [9.17, 15) is 4.39 Å². The molecule has 2 aromatic heterocycles. The summed E-state index contributed by atoms with van der Waals surface area (Å²) in [7, 11) is 4.24. The highest BCUT2D eigenvalue weighted by Crippen LogP contribution is 2.35. The van der Waals surface area contributed by atoms with Gasteiger partial charge in [-0.15, -0.1) is 11.3 Å². The minimum Gasteiger partial charge on any atom is -0.363 e. The highest BCUT2D eigenvalue weighted by molar-refractivity contribution is 7.22. The second-order valence-electron chi connectivity index (χ2n) is 5.44. The van der Waals surface area contributed by atoms with Gasteiger partial charge in [-0.2, -0.15) is 0 Å². The number of anilines is 1. The molecule has 1 aromatic carbocycles. The van der Waals surface area contributed by atoms with Crippen LogP contribution in [-0.4, -0.2) is 37.2 Å². The molecule has 0 aliphatic heterocycles. The maximum Gasteiger partial charge on any atom is 0.147 e. The molecule has 0 atom stereocenters. The van der Waals surface area contributed by atoms with Crippen molar-refractivity contribution in [1.29, 1.82) is 0 Å². The number of halogens is 1. The van der Waals surface area contributed by atoms with Crippen LogP contribution in [0.15, 0.2) is 36.7 Å². The molecule has 0 saturated carbocycles. The van der Waals surface area contributed by atoms with Gasteiger partial charge in [-0.05, 0) is 23.8 Å². The van der Waals surface area contributed by atoms with Crippen LogP contribution in [0.3, 0.4) is 0 Å². The van der Waals surface area contributed by atoms with Gasteiger partial charge in [0.1, 0.15) is 18.0 Å². The van der Waals surface area contributed by atoms with Crippen LogP contribution in [0, 0.1) is 5.82 Å². The van der Waals surface area contributed by atoms with E-state index in [-0.39, 0.29) is 5.82 Å². The third kappa shape index (κ3) is 3.23. The maximum atomic E-state index is 13.0. The van der Waals surface area contributed by atoms with Crippen molar-refractivity contribution in [2.75, 3.05) is 32.5 Å². The number of hydrogen-bond donors (Lipinski definition) is 2. The first-order valence-electron chi connectivity index (χ1n) is 7.17. The Morgan fingerprint density at radius 2 is 1.95 bits per heavy atom. The van der Waals surface area contributed by atoms with Crippen molar-refractivity contribution < 1.29 is 9.29 Å². The van der Waals surface area contributed by atoms with Crippen LogP contribution in [0.25, 0.3) is 20.7 Å². The molecule has 0 aliphatic rings. The Balaban J connectivity index is 1.90. The number of aromatic nitrogens is 2. The monoisotopic (exact) mass is 317 g/mol. The number of rotatable bonds is 5. The Labute approximate surface area is 132 Å². The van der Waals surface area contributed by atoms with Crippen LogP contribution < -0.4 is 10.2 Å². The van der Waals surface area contributed by atoms with E-state index in [0.29, 0.717) is 0 Å². The number of nitrogens with zero attached hydrogens (tertiary/aromatic N) is 2. The third-order valence-electron chi connectivity index (χ3n) is 3.36. The Kier molecular flexibility index (Phi) is 4.31. The molecule has 3 rings (SSSR count). The summed E-state index contributed by atoms with van der Waals surface area (Å²) in [5.41, 5.74) is 1.91. The topological polar surface area (TPSA) is 42.2 Å². The van der Waals surface area contributed by atoms with E-state index in [1.807, 2.05) is 6.07 Å². The van der Waals surface area contributed by atoms with Gasteiger partial charge in [-0.1, -0.05) is 12.1 Å². The number of benzene rings is 1. The van der Waals surface area contributed by atoms with Crippen molar-refractivity contribution in [2.45, 2.75) is 0 Å². The van der Waals surface area contributed by atoms with E-state index in [0.717, 1.165) is 39.6 Å². The number of nitrogens with one attached hydrogen (secondary N) is 2. The highest BCUT2D eigenvalue weighted by atomic mass is 32.1. The summed E-state index contributed by atoms with van der Waals surface area (Å²) < 4.78 is 14.1. The van der Waals surface area contributed by atoms with Gasteiger partial charge in [-0.25, -0.2) is 14.4 Å². The minimum atomic E-state index is -0.224. The van der Waals surface area contributed by atoms with E-state index in [1.54, 1.807) is 29.8 Å². The van der Waals surface area contributed by atoms with Crippen molar-refractivity contribution in [3.05, 3.63) is 42.5 Å². The van der Waals surface area contributed by atoms with Gasteiger partial charge in [-0.3, -0.25) is 0 Å². The summed E-state index contributed by atoms with van der Waals surface area (Å²) in [6.07, 6.45) is 1.58. The van der Waals surface area contributed by atoms with Gasteiger partial charge in [0, 0.05) is 4.88 Å². The van der Waals surface area contributed by atoms with E-state index >= 15 is 0 Å². The molecule has 0 unspecified atom stereocenters. The number of likely N-dealkylation sites (N-methyl/N-ethyl adjacent to an activating group) is 1. The molecule has 0 bridgehead atoms. The first kappa shape index (κ1) is 14.9. The second kappa shape index (κ2) is 6.37. The van der Waals surface area contributed by atoms with Gasteiger partial charge < -0.3 is 10.2 Å². The maximum absolute atomic E-state index is 13.0. The van der Waals surface area contributed by atoms with Gasteiger partial charge >= 0.3 is 0 Å². The summed E-state index contributed by atoms with van der Waals surface area (Å²) in [4.78, 5) is 11.1. The fraction of sp³-hybridized carbons (Fsp3) is 0.250. The predicted molar refractivity (Wildman–Crippen MR) is 89.0 cm³/mol. The number of hydrogen-bond acceptors (Lipinski definition) is 4. The molecule has 6 heteroatoms. The lowest BCUT2D eigenvalue weighted by atomic mass is 10.2. The molecule has 4 nitrogen and oxygen atoms in total. The normalized spacial score (nSPS) is 11.3. The van der Waals surface area contributed by atoms with Crippen LogP contribution >= 0.6 is 11.3 Å². The molecule has 3 aromatic rings. The largest absolute Gasteiger partial charge is 0.363 e. The molecule has 0 radical (unpaired) electrons. The second-order valence-corrected chi connectivity index (χ2v) is 6.49. The molecule has 2 N–H and O–H groups in total. The molecule has 0 spiro atoms. The summed E-state index contributed by atoms with van der Waals surface area (Å²) in [5.74, 6) is 0.641. The lowest BCUT2D eigenvalue weighted by Crippen LogP contribution is -3.06. The minimum absolute atomic E-state index is 0.224. The Bertz CT molecular complexity index is 767. The van der Waals surface area contributed by atoms with Crippen LogP contribution in [0.1, 0.15) is 0 Å². The fourth-order valence-electron chi connectivity index (χ4n) is 2.17. The number of quaternary nitrogens is 1. The Hall–Kier alpha value is -2.05. The average Bonchev–Trinajstić information content (AvgIpc) is 2.92. The van der Waals surface area contributed by atoms with Gasteiger partial charge in [0.25, 0.3) is 0 Å². The van der Waals surface area contributed by atoms with Crippen molar-refractivity contribution in [3.8, 4) is 10.4 Å². The zero-order valence-electron chi connectivity index (χ0n) is 12.6. The number of fused-ring (bicyclic) bond motifs is 1. The molecule has 0 saturated heterocycles. The lowest BCUT2D eigenvalue weighted by Gasteiger charge is -2.08. The predicted octanol–water partition coefficient (Wildman–Crippen LogP) is 2.05. The summed E-state index contributed by atoms with van der Waals surface area (Å²) in [6, 6.07) is 8.55. The summed E-state index contributed by atoms with van der Waals surface area (Å²) >= 11 is 1.62. The smallest absolute Gasteiger partial charge is 0.147 e. The Morgan fingerprint density at radius 3 is 2.68 bits per heavy atom. The molecular formula is C16H18FN4S+. The highest BCUT2D eigenvalue weighted by Gasteiger charge is 2.10. The van der Waals surface area contributed by atoms with Crippen molar-refractivity contribution >= 4 is 27.4 Å². The average molecular weight is 317 g/mol. The molecule has 22 heavy (non-hydrogen) atoms. The van der Waals surface area contributed by atoms with Crippen LogP contribution in [0.5, 0.6) is 0 Å². The zero-order valence-corrected chi connectivity index (χ0v) is 13.4. The first-order chi connectivity index (χ1) is 10.6. The molecular weight excluding hydrogens is 299 g/mol. The first-order valence-corrected chi connectivity index (χ1v) is 7.98. The van der Waals surface area contributed by atoms with E-state index in [2.05, 4.69) is 29.4 Å². The summed E-state index contributed by atoms with van der Waals surface area (Å²) in [5, 5.41) is 3.37. The molecule has 0 aliphatic carbocycles. The van der Waals surface area contributed by atoms with Gasteiger partial charge in [0.15, 0.2) is 0 Å².